The first-order chi connectivity index (χ1) is 32.8. The molecule has 350 valence electrons. The molecule has 2 aliphatic heterocycles. The van der Waals surface area contributed by atoms with E-state index in [4.69, 9.17) is 0 Å². The summed E-state index contributed by atoms with van der Waals surface area (Å²) >= 11 is 6.61. The number of aromatic nitrogens is 2. The van der Waals surface area contributed by atoms with Crippen LogP contribution in [0.1, 0.15) is 56.3 Å². The minimum Gasteiger partial charge on any atom is -0.341 e. The lowest BCUT2D eigenvalue weighted by Gasteiger charge is -2.29. The van der Waals surface area contributed by atoms with Gasteiger partial charge in [-0.15, -0.1) is 22.7 Å². The van der Waals surface area contributed by atoms with Crippen LogP contribution in [0.4, 0.5) is 11.4 Å². The maximum atomic E-state index is 11.5. The minimum atomic E-state index is -4.07. The zero-order valence-electron chi connectivity index (χ0n) is 37.9. The van der Waals surface area contributed by atoms with Crippen LogP contribution in [-0.4, -0.2) is 50.5 Å². The Bertz CT molecular complexity index is 3550. The van der Waals surface area contributed by atoms with Crippen molar-refractivity contribution in [1.82, 2.24) is 0 Å². The highest BCUT2D eigenvalue weighted by molar-refractivity contribution is 8.03. The van der Waals surface area contributed by atoms with E-state index in [2.05, 4.69) is 178 Å². The molecule has 0 saturated heterocycles. The van der Waals surface area contributed by atoms with Crippen molar-refractivity contribution in [2.75, 3.05) is 34.4 Å². The second-order valence-corrected chi connectivity index (χ2v) is 23.6. The molecule has 10 nitrogen and oxygen atoms in total. The molecule has 8 aromatic rings. The molecule has 6 heterocycles. The second-order valence-electron chi connectivity index (χ2n) is 16.4. The number of pyridine rings is 1. The van der Waals surface area contributed by atoms with E-state index >= 15 is 0 Å². The molecule has 0 radical (unpaired) electrons. The molecule has 16 heteroatoms. The summed E-state index contributed by atoms with van der Waals surface area (Å²) in [6.45, 7) is 9.27. The lowest BCUT2D eigenvalue weighted by molar-refractivity contribution is -0.669. The largest absolute Gasteiger partial charge is 0.341 e. The average molecular weight is 1020 g/mol. The molecular weight excluding hydrogens is 969 g/mol. The van der Waals surface area contributed by atoms with E-state index in [0.717, 1.165) is 76.1 Å². The predicted molar refractivity (Wildman–Crippen MR) is 287 cm³/mol. The van der Waals surface area contributed by atoms with E-state index in [1.807, 2.05) is 0 Å². The third kappa shape index (κ3) is 10.4. The summed E-state index contributed by atoms with van der Waals surface area (Å²) in [7, 11) is -8.15. The van der Waals surface area contributed by atoms with Gasteiger partial charge in [-0.2, -0.15) is 26.0 Å². The molecule has 10 rings (SSSR count). The van der Waals surface area contributed by atoms with Gasteiger partial charge in [0.15, 0.2) is 6.54 Å². The van der Waals surface area contributed by atoms with Gasteiger partial charge in [0.25, 0.3) is 25.2 Å². The highest BCUT2D eigenvalue weighted by Gasteiger charge is 2.29. The van der Waals surface area contributed by atoms with Crippen LogP contribution in [0.15, 0.2) is 141 Å². The van der Waals surface area contributed by atoms with Gasteiger partial charge in [0, 0.05) is 80.2 Å². The Morgan fingerprint density at radius 1 is 0.721 bits per heavy atom. The highest BCUT2D eigenvalue weighted by Crippen LogP contribution is 2.51. The zero-order chi connectivity index (χ0) is 47.6. The molecule has 2 aliphatic rings. The Labute approximate surface area is 414 Å². The lowest BCUT2D eigenvalue weighted by atomic mass is 10.0. The molecule has 0 unspecified atom stereocenters. The van der Waals surface area contributed by atoms with Crippen LogP contribution in [0.5, 0.6) is 0 Å². The molecule has 0 fully saturated rings. The predicted octanol–water partition coefficient (Wildman–Crippen LogP) is 12.5. The third-order valence-corrected chi connectivity index (χ3v) is 17.7. The fourth-order valence-electron chi connectivity index (χ4n) is 8.99. The Morgan fingerprint density at radius 3 is 2.19 bits per heavy atom. The number of thioether (sulfide) groups is 1. The average Bonchev–Trinajstić information content (AvgIpc) is 4.13. The number of hydrogen-bond donors (Lipinski definition) is 2. The quantitative estimate of drug-likeness (QED) is 0.0809. The van der Waals surface area contributed by atoms with Gasteiger partial charge in [-0.3, -0.25) is 9.11 Å². The van der Waals surface area contributed by atoms with Crippen LogP contribution in [0.25, 0.3) is 59.5 Å². The Morgan fingerprint density at radius 2 is 1.43 bits per heavy atom. The summed E-state index contributed by atoms with van der Waals surface area (Å²) in [6.07, 6.45) is 12.3. The highest BCUT2D eigenvalue weighted by atomic mass is 32.2. The summed E-state index contributed by atoms with van der Waals surface area (Å²) in [5, 5.41) is 9.59. The number of benzene rings is 4. The first kappa shape index (κ1) is 47.9. The molecule has 4 aromatic carbocycles. The van der Waals surface area contributed by atoms with E-state index < -0.39 is 20.2 Å². The molecule has 0 saturated carbocycles. The van der Waals surface area contributed by atoms with Crippen molar-refractivity contribution in [2.24, 2.45) is 0 Å². The molecule has 68 heavy (non-hydrogen) atoms. The van der Waals surface area contributed by atoms with Crippen LogP contribution >= 0.6 is 45.8 Å². The van der Waals surface area contributed by atoms with E-state index in [9.17, 15) is 25.9 Å². The first-order valence-corrected chi connectivity index (χ1v) is 29.2. The van der Waals surface area contributed by atoms with Crippen molar-refractivity contribution in [3.05, 3.63) is 153 Å². The third-order valence-electron chi connectivity index (χ3n) is 12.1. The maximum absolute atomic E-state index is 11.5. The number of fused-ring (bicyclic) bond motifs is 8. The maximum Gasteiger partial charge on any atom is 0.265 e. The van der Waals surface area contributed by atoms with Gasteiger partial charge in [-0.1, -0.05) is 66.4 Å². The smallest absolute Gasteiger partial charge is 0.265 e. The van der Waals surface area contributed by atoms with Gasteiger partial charge in [0.2, 0.25) is 16.7 Å². The Hall–Kier alpha value is -5.17. The van der Waals surface area contributed by atoms with E-state index in [1.165, 1.54) is 33.5 Å². The number of likely N-dealkylation sites (N-methyl/N-ethyl adjacent to an activating group) is 1. The fraction of sp³-hybridized carbons (Fsp3) is 0.231. The fourth-order valence-corrected chi connectivity index (χ4v) is 13.9. The van der Waals surface area contributed by atoms with Crippen molar-refractivity contribution >= 4 is 137 Å². The number of nitrogens with zero attached hydrogens (tertiary/aromatic N) is 4. The van der Waals surface area contributed by atoms with Crippen LogP contribution in [0.2, 0.25) is 0 Å². The molecule has 0 aliphatic carbocycles. The number of anilines is 2. The van der Waals surface area contributed by atoms with Gasteiger partial charge in [0.05, 0.1) is 27.6 Å². The van der Waals surface area contributed by atoms with Gasteiger partial charge >= 0.3 is 0 Å². The van der Waals surface area contributed by atoms with Gasteiger partial charge in [-0.25, -0.2) is 0 Å². The van der Waals surface area contributed by atoms with E-state index in [1.54, 1.807) is 45.8 Å². The number of para-hydroxylation sites is 2. The summed E-state index contributed by atoms with van der Waals surface area (Å²) in [5.41, 5.74) is 9.49. The standard InChI is InChI=1S/C29H28N2O6S6.C23H23N2/c1-2-19(17-26-30(11-3-15-42(32,33)34)28-20-9-13-38-22(20)5-7-24(28)40-26)18-27-31(12-4-16-43(35,36)37)29-21-10-14-39-23(21)6-8-25(29)41-27;1-3-24-20(15-13-18-9-5-7-11-22(18)24)17-21-16-14-19-10-6-8-12-23(19)25(21)4-2/h5-10,13-14,17-18H,2-4,11-12,15-16H2,1H3,(H-,32,33,34,35,36,37);5-17H,3-4H2,1-2H3/q;+1/p+1. The van der Waals surface area contributed by atoms with Gasteiger partial charge in [0.1, 0.15) is 11.2 Å². The number of aryl methyl sites for hydroxylation is 2. The first-order valence-electron chi connectivity index (χ1n) is 22.6. The molecule has 0 bridgehead atoms. The molecular formula is C52H52N4O6S6+2. The second kappa shape index (κ2) is 20.4. The molecule has 0 atom stereocenters. The molecule has 4 aromatic heterocycles. The number of allylic oxidation sites excluding steroid dienone is 3. The van der Waals surface area contributed by atoms with Gasteiger partial charge < -0.3 is 9.80 Å². The van der Waals surface area contributed by atoms with Crippen molar-refractivity contribution in [3.8, 4) is 0 Å². The summed E-state index contributed by atoms with van der Waals surface area (Å²) < 4.78 is 72.6. The SMILES string of the molecule is CCC(/C=C1\Sc2ccc3sccc3c2N1CCCS(=O)(=O)O)=C\c1sc2ccc3sccc3c2[n+]1CCCS(=O)(=O)O.CCN1/C(=C/c2ccc3ccccc3[n+]2CC)C=Cc2ccccc21. The lowest BCUT2D eigenvalue weighted by Crippen LogP contribution is -2.37. The molecule has 0 spiro atoms. The Balaban J connectivity index is 0.000000195. The van der Waals surface area contributed by atoms with Crippen LogP contribution < -0.4 is 18.9 Å². The minimum absolute atomic E-state index is 0.280. The van der Waals surface area contributed by atoms with Crippen molar-refractivity contribution in [2.45, 2.75) is 58.0 Å². The number of thiophene rings is 2. The van der Waals surface area contributed by atoms with Crippen molar-refractivity contribution in [3.63, 3.8) is 0 Å². The number of rotatable bonds is 14. The van der Waals surface area contributed by atoms with Gasteiger partial charge in [-0.05, 0) is 115 Å². The van der Waals surface area contributed by atoms with E-state index in [-0.39, 0.29) is 24.3 Å². The van der Waals surface area contributed by atoms with E-state index in [0.29, 0.717) is 13.1 Å². The van der Waals surface area contributed by atoms with Crippen molar-refractivity contribution in [1.29, 1.82) is 0 Å². The molecule has 0 amide bonds. The number of hydrogen-bond acceptors (Lipinski definition) is 10. The summed E-state index contributed by atoms with van der Waals surface area (Å²) in [5.74, 6) is -0.621. The Kier molecular flexibility index (Phi) is 14.4. The normalized spacial score (nSPS) is 15.3. The van der Waals surface area contributed by atoms with Crippen LogP contribution in [0, 0.1) is 0 Å². The summed E-state index contributed by atoms with van der Waals surface area (Å²) in [6, 6.07) is 34.2. The molecule has 2 N–H and O–H groups in total. The topological polar surface area (TPSA) is 123 Å². The van der Waals surface area contributed by atoms with Crippen LogP contribution in [-0.2, 0) is 33.3 Å². The van der Waals surface area contributed by atoms with Crippen LogP contribution in [0.3, 0.4) is 0 Å². The monoisotopic (exact) mass is 1020 g/mol. The van der Waals surface area contributed by atoms with Crippen molar-refractivity contribution < 1.29 is 35.1 Å². The zero-order valence-corrected chi connectivity index (χ0v) is 42.8. The number of thiazole rings is 1. The summed E-state index contributed by atoms with van der Waals surface area (Å²) in [4.78, 5) is 5.63.